The predicted octanol–water partition coefficient (Wildman–Crippen LogP) is 3.86. The Kier molecular flexibility index (Phi) is 3.57. The number of rotatable bonds is 3. The first-order valence-corrected chi connectivity index (χ1v) is 8.73. The Labute approximate surface area is 132 Å². The minimum absolute atomic E-state index is 0.0916. The van der Waals surface area contributed by atoms with Crippen LogP contribution in [0.15, 0.2) is 66.1 Å². The molecule has 0 fully saturated rings. The van der Waals surface area contributed by atoms with Gasteiger partial charge in [-0.15, -0.1) is 6.58 Å². The Morgan fingerprint density at radius 3 is 2.36 bits per heavy atom. The second-order valence-electron chi connectivity index (χ2n) is 5.69. The Balaban J connectivity index is 2.17. The second-order valence-corrected chi connectivity index (χ2v) is 7.50. The quantitative estimate of drug-likeness (QED) is 0.807. The van der Waals surface area contributed by atoms with Crippen molar-refractivity contribution >= 4 is 15.7 Å². The van der Waals surface area contributed by atoms with Gasteiger partial charge in [-0.05, 0) is 30.7 Å². The van der Waals surface area contributed by atoms with E-state index in [0.29, 0.717) is 4.90 Å². The predicted molar refractivity (Wildman–Crippen MR) is 89.7 cm³/mol. The zero-order valence-corrected chi connectivity index (χ0v) is 13.5. The third-order valence-corrected chi connectivity index (χ3v) is 6.09. The first kappa shape index (κ1) is 14.9. The van der Waals surface area contributed by atoms with Crippen LogP contribution in [-0.4, -0.2) is 14.5 Å². The molecule has 0 aliphatic carbocycles. The molecular weight excluding hydrogens is 294 g/mol. The summed E-state index contributed by atoms with van der Waals surface area (Å²) in [5, 5.41) is 0. The molecular formula is C18H19NO2S. The van der Waals surface area contributed by atoms with Gasteiger partial charge in [-0.2, -0.15) is 0 Å². The molecule has 1 heterocycles. The standard InChI is InChI=1S/C18H19NO2S/c1-4-17-14(3)16-7-5-6-8-18(16)19(17)22(20,21)15-11-9-13(2)10-12-15/h4-12,14,17H,1H2,2-3H3. The van der Waals surface area contributed by atoms with Crippen LogP contribution in [-0.2, 0) is 10.0 Å². The normalized spacial score (nSPS) is 20.7. The van der Waals surface area contributed by atoms with Gasteiger partial charge in [0.05, 0.1) is 16.6 Å². The number of hydrogen-bond donors (Lipinski definition) is 0. The molecule has 0 aromatic heterocycles. The van der Waals surface area contributed by atoms with Crippen LogP contribution < -0.4 is 4.31 Å². The molecule has 3 nitrogen and oxygen atoms in total. The molecule has 2 atom stereocenters. The molecule has 0 saturated heterocycles. The molecule has 0 amide bonds. The average molecular weight is 313 g/mol. The maximum atomic E-state index is 13.1. The molecule has 2 aromatic carbocycles. The first-order chi connectivity index (χ1) is 10.5. The number of fused-ring (bicyclic) bond motifs is 1. The van der Waals surface area contributed by atoms with Crippen molar-refractivity contribution in [2.24, 2.45) is 0 Å². The third-order valence-electron chi connectivity index (χ3n) is 4.27. The summed E-state index contributed by atoms with van der Waals surface area (Å²) in [6.45, 7) is 7.82. The number of nitrogens with zero attached hydrogens (tertiary/aromatic N) is 1. The fraction of sp³-hybridized carbons (Fsp3) is 0.222. The van der Waals surface area contributed by atoms with Crippen LogP contribution in [0.3, 0.4) is 0 Å². The lowest BCUT2D eigenvalue weighted by atomic mass is 9.98. The summed E-state index contributed by atoms with van der Waals surface area (Å²) in [4.78, 5) is 0.314. The summed E-state index contributed by atoms with van der Waals surface area (Å²) in [6, 6.07) is 14.4. The van der Waals surface area contributed by atoms with Crippen LogP contribution in [0, 0.1) is 6.92 Å². The van der Waals surface area contributed by atoms with Gasteiger partial charge in [0.25, 0.3) is 10.0 Å². The van der Waals surface area contributed by atoms with E-state index in [4.69, 9.17) is 0 Å². The molecule has 1 aliphatic heterocycles. The van der Waals surface area contributed by atoms with E-state index in [9.17, 15) is 8.42 Å². The lowest BCUT2D eigenvalue weighted by Gasteiger charge is -2.26. The van der Waals surface area contributed by atoms with Crippen LogP contribution in [0.5, 0.6) is 0 Å². The Morgan fingerprint density at radius 1 is 1.09 bits per heavy atom. The van der Waals surface area contributed by atoms with E-state index in [2.05, 4.69) is 6.58 Å². The number of aryl methyl sites for hydroxylation is 1. The molecule has 1 aliphatic rings. The monoisotopic (exact) mass is 313 g/mol. The van der Waals surface area contributed by atoms with E-state index in [0.717, 1.165) is 16.8 Å². The Hall–Kier alpha value is -2.07. The summed E-state index contributed by atoms with van der Waals surface area (Å²) in [5.41, 5.74) is 2.83. The highest BCUT2D eigenvalue weighted by atomic mass is 32.2. The zero-order chi connectivity index (χ0) is 15.9. The van der Waals surface area contributed by atoms with Crippen LogP contribution in [0.1, 0.15) is 24.0 Å². The molecule has 22 heavy (non-hydrogen) atoms. The van der Waals surface area contributed by atoms with Crippen LogP contribution in [0.2, 0.25) is 0 Å². The summed E-state index contributed by atoms with van der Waals surface area (Å²) < 4.78 is 27.7. The average Bonchev–Trinajstić information content (AvgIpc) is 2.81. The minimum Gasteiger partial charge on any atom is -0.259 e. The lowest BCUT2D eigenvalue weighted by molar-refractivity contribution is 0.582. The van der Waals surface area contributed by atoms with Crippen molar-refractivity contribution < 1.29 is 8.42 Å². The maximum Gasteiger partial charge on any atom is 0.264 e. The fourth-order valence-corrected chi connectivity index (χ4v) is 4.76. The molecule has 0 radical (unpaired) electrons. The lowest BCUT2D eigenvalue weighted by Crippen LogP contribution is -2.37. The van der Waals surface area contributed by atoms with Crippen molar-refractivity contribution in [1.82, 2.24) is 0 Å². The number of anilines is 1. The zero-order valence-electron chi connectivity index (χ0n) is 12.7. The van der Waals surface area contributed by atoms with Crippen molar-refractivity contribution in [3.05, 3.63) is 72.3 Å². The summed E-state index contributed by atoms with van der Waals surface area (Å²) in [5.74, 6) is 0.0916. The molecule has 3 rings (SSSR count). The molecule has 0 bridgehead atoms. The van der Waals surface area contributed by atoms with Crippen molar-refractivity contribution in [1.29, 1.82) is 0 Å². The van der Waals surface area contributed by atoms with Gasteiger partial charge in [-0.3, -0.25) is 4.31 Å². The number of benzene rings is 2. The molecule has 2 unspecified atom stereocenters. The molecule has 0 N–H and O–H groups in total. The van der Waals surface area contributed by atoms with Crippen molar-refractivity contribution in [2.45, 2.75) is 30.7 Å². The van der Waals surface area contributed by atoms with Gasteiger partial charge in [0.15, 0.2) is 0 Å². The van der Waals surface area contributed by atoms with E-state index < -0.39 is 10.0 Å². The van der Waals surface area contributed by atoms with E-state index in [-0.39, 0.29) is 12.0 Å². The summed E-state index contributed by atoms with van der Waals surface area (Å²) in [6.07, 6.45) is 1.72. The molecule has 114 valence electrons. The smallest absolute Gasteiger partial charge is 0.259 e. The Bertz CT molecular complexity index is 809. The van der Waals surface area contributed by atoms with Crippen LogP contribution >= 0.6 is 0 Å². The van der Waals surface area contributed by atoms with Crippen LogP contribution in [0.25, 0.3) is 0 Å². The van der Waals surface area contributed by atoms with Gasteiger partial charge in [0.1, 0.15) is 0 Å². The Morgan fingerprint density at radius 2 is 1.73 bits per heavy atom. The molecule has 4 heteroatoms. The molecule has 0 spiro atoms. The summed E-state index contributed by atoms with van der Waals surface area (Å²) >= 11 is 0. The number of para-hydroxylation sites is 1. The highest BCUT2D eigenvalue weighted by molar-refractivity contribution is 7.92. The van der Waals surface area contributed by atoms with Crippen molar-refractivity contribution in [2.75, 3.05) is 4.31 Å². The van der Waals surface area contributed by atoms with Gasteiger partial charge in [0, 0.05) is 5.92 Å². The second kappa shape index (κ2) is 5.29. The highest BCUT2D eigenvalue weighted by Gasteiger charge is 2.41. The van der Waals surface area contributed by atoms with E-state index >= 15 is 0 Å². The van der Waals surface area contributed by atoms with Gasteiger partial charge >= 0.3 is 0 Å². The number of hydrogen-bond acceptors (Lipinski definition) is 2. The maximum absolute atomic E-state index is 13.1. The minimum atomic E-state index is -3.60. The fourth-order valence-electron chi connectivity index (χ4n) is 3.03. The van der Waals surface area contributed by atoms with Crippen LogP contribution in [0.4, 0.5) is 5.69 Å². The van der Waals surface area contributed by atoms with Gasteiger partial charge in [0.2, 0.25) is 0 Å². The van der Waals surface area contributed by atoms with E-state index in [1.807, 2.05) is 50.2 Å². The van der Waals surface area contributed by atoms with Crippen molar-refractivity contribution in [3.63, 3.8) is 0 Å². The topological polar surface area (TPSA) is 37.4 Å². The largest absolute Gasteiger partial charge is 0.264 e. The van der Waals surface area contributed by atoms with E-state index in [1.54, 1.807) is 18.2 Å². The van der Waals surface area contributed by atoms with Gasteiger partial charge in [-0.25, -0.2) is 8.42 Å². The first-order valence-electron chi connectivity index (χ1n) is 7.29. The summed E-state index contributed by atoms with van der Waals surface area (Å²) in [7, 11) is -3.60. The van der Waals surface area contributed by atoms with E-state index in [1.165, 1.54) is 4.31 Å². The van der Waals surface area contributed by atoms with Crippen molar-refractivity contribution in [3.8, 4) is 0 Å². The molecule has 2 aromatic rings. The molecule has 0 saturated carbocycles. The van der Waals surface area contributed by atoms with Gasteiger partial charge < -0.3 is 0 Å². The SMILES string of the molecule is C=CC1C(C)c2ccccc2N1S(=O)(=O)c1ccc(C)cc1. The van der Waals surface area contributed by atoms with Gasteiger partial charge in [-0.1, -0.05) is 48.9 Å². The number of sulfonamides is 1. The highest BCUT2D eigenvalue weighted by Crippen LogP contribution is 2.44. The third kappa shape index (κ3) is 2.15.